The van der Waals surface area contributed by atoms with Crippen molar-refractivity contribution in [3.63, 3.8) is 0 Å². The topological polar surface area (TPSA) is 86.5 Å². The maximum absolute atomic E-state index is 12.0. The van der Waals surface area contributed by atoms with E-state index in [4.69, 9.17) is 16.3 Å². The van der Waals surface area contributed by atoms with Crippen LogP contribution >= 0.6 is 23.4 Å². The largest absolute Gasteiger partial charge is 0.456 e. The number of esters is 1. The van der Waals surface area contributed by atoms with Gasteiger partial charge in [-0.2, -0.15) is 0 Å². The van der Waals surface area contributed by atoms with Crippen molar-refractivity contribution in [3.8, 4) is 0 Å². The summed E-state index contributed by atoms with van der Waals surface area (Å²) in [6.45, 7) is 1.28. The number of hydrogen-bond acceptors (Lipinski definition) is 6. The second-order valence-electron chi connectivity index (χ2n) is 5.05. The van der Waals surface area contributed by atoms with Crippen LogP contribution in [0.25, 0.3) is 0 Å². The minimum Gasteiger partial charge on any atom is -0.456 e. The molecule has 0 spiro atoms. The van der Waals surface area contributed by atoms with Gasteiger partial charge in [-0.3, -0.25) is 19.7 Å². The highest BCUT2D eigenvalue weighted by atomic mass is 35.5. The van der Waals surface area contributed by atoms with E-state index in [0.29, 0.717) is 15.5 Å². The second-order valence-corrected chi connectivity index (χ2v) is 6.90. The third kappa shape index (κ3) is 5.58. The van der Waals surface area contributed by atoms with E-state index < -0.39 is 16.1 Å². The number of thioether (sulfide) groups is 1. The van der Waals surface area contributed by atoms with Gasteiger partial charge in [-0.25, -0.2) is 0 Å². The molecule has 0 amide bonds. The molecular weight excluding hydrogens is 366 g/mol. The number of nitrogens with zero attached hydrogens (tertiary/aromatic N) is 1. The zero-order valence-electron chi connectivity index (χ0n) is 13.2. The Bertz CT molecular complexity index is 777. The second kappa shape index (κ2) is 8.64. The van der Waals surface area contributed by atoms with Crippen molar-refractivity contribution >= 4 is 40.8 Å². The summed E-state index contributed by atoms with van der Waals surface area (Å²) >= 11 is 6.95. The summed E-state index contributed by atoms with van der Waals surface area (Å²) in [6, 6.07) is 12.2. The standard InChI is InChI=1S/C17H14ClNO5S/c1-11(25-15-8-6-14(7-9-15)19(22)23)17(21)24-10-16(20)12-2-4-13(18)5-3-12/h2-9,11H,10H2,1H3. The highest BCUT2D eigenvalue weighted by Gasteiger charge is 2.18. The van der Waals surface area contributed by atoms with Crippen LogP contribution in [0.2, 0.25) is 5.02 Å². The molecule has 1 atom stereocenters. The van der Waals surface area contributed by atoms with Crippen LogP contribution in [0.4, 0.5) is 5.69 Å². The smallest absolute Gasteiger partial charge is 0.319 e. The number of hydrogen-bond donors (Lipinski definition) is 0. The van der Waals surface area contributed by atoms with Gasteiger partial charge in [0, 0.05) is 27.6 Å². The Labute approximate surface area is 153 Å². The van der Waals surface area contributed by atoms with Gasteiger partial charge in [-0.05, 0) is 43.3 Å². The number of carbonyl (C=O) groups is 2. The first kappa shape index (κ1) is 19.0. The first-order valence-corrected chi connectivity index (χ1v) is 8.49. The van der Waals surface area contributed by atoms with Gasteiger partial charge < -0.3 is 4.74 Å². The zero-order chi connectivity index (χ0) is 18.4. The third-order valence-electron chi connectivity index (χ3n) is 3.20. The fourth-order valence-corrected chi connectivity index (χ4v) is 2.86. The molecule has 0 fully saturated rings. The predicted molar refractivity (Wildman–Crippen MR) is 95.2 cm³/mol. The van der Waals surface area contributed by atoms with E-state index in [2.05, 4.69) is 0 Å². The fraction of sp³-hybridized carbons (Fsp3) is 0.176. The van der Waals surface area contributed by atoms with E-state index in [1.807, 2.05) is 0 Å². The number of Topliss-reactive ketones (excluding diaryl/α,β-unsaturated/α-hetero) is 1. The van der Waals surface area contributed by atoms with Crippen molar-refractivity contribution in [3.05, 3.63) is 69.2 Å². The van der Waals surface area contributed by atoms with E-state index in [1.165, 1.54) is 23.9 Å². The van der Waals surface area contributed by atoms with Gasteiger partial charge in [0.25, 0.3) is 5.69 Å². The van der Waals surface area contributed by atoms with Gasteiger partial charge in [-0.15, -0.1) is 11.8 Å². The molecule has 0 heterocycles. The number of rotatable bonds is 7. The molecule has 0 saturated heterocycles. The summed E-state index contributed by atoms with van der Waals surface area (Å²) < 4.78 is 5.03. The lowest BCUT2D eigenvalue weighted by molar-refractivity contribution is -0.384. The van der Waals surface area contributed by atoms with Crippen molar-refractivity contribution < 1.29 is 19.2 Å². The Kier molecular flexibility index (Phi) is 6.55. The normalized spacial score (nSPS) is 11.6. The zero-order valence-corrected chi connectivity index (χ0v) is 14.8. The van der Waals surface area contributed by atoms with Crippen molar-refractivity contribution in [1.29, 1.82) is 0 Å². The van der Waals surface area contributed by atoms with E-state index in [0.717, 1.165) is 0 Å². The molecule has 0 aliphatic rings. The number of benzene rings is 2. The number of nitro benzene ring substituents is 1. The molecule has 25 heavy (non-hydrogen) atoms. The SMILES string of the molecule is CC(Sc1ccc([N+](=O)[O-])cc1)C(=O)OCC(=O)c1ccc(Cl)cc1. The van der Waals surface area contributed by atoms with Crippen LogP contribution in [0.3, 0.4) is 0 Å². The lowest BCUT2D eigenvalue weighted by atomic mass is 10.1. The van der Waals surface area contributed by atoms with E-state index in [1.54, 1.807) is 43.3 Å². The molecule has 0 aliphatic heterocycles. The maximum atomic E-state index is 12.0. The van der Waals surface area contributed by atoms with Gasteiger partial charge in [0.15, 0.2) is 12.4 Å². The first-order chi connectivity index (χ1) is 11.9. The summed E-state index contributed by atoms with van der Waals surface area (Å²) in [5, 5.41) is 10.6. The lowest BCUT2D eigenvalue weighted by Crippen LogP contribution is -2.21. The molecule has 2 aromatic carbocycles. The minimum atomic E-state index is -0.556. The van der Waals surface area contributed by atoms with Crippen LogP contribution in [0.5, 0.6) is 0 Å². The van der Waals surface area contributed by atoms with E-state index in [9.17, 15) is 19.7 Å². The first-order valence-electron chi connectivity index (χ1n) is 7.23. The molecule has 130 valence electrons. The lowest BCUT2D eigenvalue weighted by Gasteiger charge is -2.11. The molecule has 0 radical (unpaired) electrons. The van der Waals surface area contributed by atoms with Crippen LogP contribution in [0, 0.1) is 10.1 Å². The summed E-state index contributed by atoms with van der Waals surface area (Å²) in [6.07, 6.45) is 0. The van der Waals surface area contributed by atoms with Crippen molar-refractivity contribution in [2.24, 2.45) is 0 Å². The number of non-ortho nitro benzene ring substituents is 1. The number of ether oxygens (including phenoxy) is 1. The van der Waals surface area contributed by atoms with E-state index >= 15 is 0 Å². The molecule has 2 aromatic rings. The molecule has 0 saturated carbocycles. The highest BCUT2D eigenvalue weighted by molar-refractivity contribution is 8.00. The fourth-order valence-electron chi connectivity index (χ4n) is 1.87. The minimum absolute atomic E-state index is 0.0202. The highest BCUT2D eigenvalue weighted by Crippen LogP contribution is 2.26. The molecule has 6 nitrogen and oxygen atoms in total. The van der Waals surface area contributed by atoms with Gasteiger partial charge in [0.2, 0.25) is 0 Å². The van der Waals surface area contributed by atoms with Crippen molar-refractivity contribution in [2.45, 2.75) is 17.1 Å². The molecule has 2 rings (SSSR count). The Morgan fingerprint density at radius 3 is 2.32 bits per heavy atom. The van der Waals surface area contributed by atoms with Gasteiger partial charge in [0.1, 0.15) is 5.25 Å². The Hall–Kier alpha value is -2.38. The number of carbonyl (C=O) groups excluding carboxylic acids is 2. The summed E-state index contributed by atoms with van der Waals surface area (Å²) in [5.41, 5.74) is 0.390. The van der Waals surface area contributed by atoms with Gasteiger partial charge in [0.05, 0.1) is 4.92 Å². The summed E-state index contributed by atoms with van der Waals surface area (Å²) in [7, 11) is 0. The molecule has 0 N–H and O–H groups in total. The molecule has 0 aromatic heterocycles. The Morgan fingerprint density at radius 1 is 1.16 bits per heavy atom. The van der Waals surface area contributed by atoms with Crippen LogP contribution in [-0.2, 0) is 9.53 Å². The number of nitro groups is 1. The van der Waals surface area contributed by atoms with Crippen LogP contribution in [0.1, 0.15) is 17.3 Å². The third-order valence-corrected chi connectivity index (χ3v) is 4.55. The average Bonchev–Trinajstić information content (AvgIpc) is 2.60. The molecule has 0 bridgehead atoms. The maximum Gasteiger partial charge on any atom is 0.319 e. The van der Waals surface area contributed by atoms with Gasteiger partial charge >= 0.3 is 5.97 Å². The number of ketones is 1. The monoisotopic (exact) mass is 379 g/mol. The van der Waals surface area contributed by atoms with Crippen molar-refractivity contribution in [1.82, 2.24) is 0 Å². The Morgan fingerprint density at radius 2 is 1.76 bits per heavy atom. The molecule has 8 heteroatoms. The number of halogens is 1. The van der Waals surface area contributed by atoms with E-state index in [-0.39, 0.29) is 18.1 Å². The van der Waals surface area contributed by atoms with Crippen LogP contribution in [0.15, 0.2) is 53.4 Å². The van der Waals surface area contributed by atoms with Crippen LogP contribution in [-0.4, -0.2) is 28.5 Å². The van der Waals surface area contributed by atoms with Crippen molar-refractivity contribution in [2.75, 3.05) is 6.61 Å². The Balaban J connectivity index is 1.86. The molecular formula is C17H14ClNO5S. The predicted octanol–water partition coefficient (Wildman–Crippen LogP) is 4.15. The van der Waals surface area contributed by atoms with Gasteiger partial charge in [-0.1, -0.05) is 11.6 Å². The molecule has 0 aliphatic carbocycles. The molecule has 1 unspecified atom stereocenters. The quantitative estimate of drug-likeness (QED) is 0.236. The average molecular weight is 380 g/mol. The van der Waals surface area contributed by atoms with Crippen LogP contribution < -0.4 is 0 Å². The summed E-state index contributed by atoms with van der Waals surface area (Å²) in [4.78, 5) is 34.8. The summed E-state index contributed by atoms with van der Waals surface area (Å²) in [5.74, 6) is -0.858.